The van der Waals surface area contributed by atoms with E-state index >= 15 is 0 Å². The predicted octanol–water partition coefficient (Wildman–Crippen LogP) is 2.48. The summed E-state index contributed by atoms with van der Waals surface area (Å²) < 4.78 is 5.43. The molecule has 1 aliphatic heterocycles. The second kappa shape index (κ2) is 11.1. The quantitative estimate of drug-likeness (QED) is 0.256. The van der Waals surface area contributed by atoms with Gasteiger partial charge in [-0.3, -0.25) is 9.56 Å². The molecule has 0 fully saturated rings. The molecule has 1 aliphatic rings. The van der Waals surface area contributed by atoms with Gasteiger partial charge < -0.3 is 14.8 Å². The normalized spacial score (nSPS) is 13.7. The van der Waals surface area contributed by atoms with Gasteiger partial charge in [0.05, 0.1) is 11.6 Å². The summed E-state index contributed by atoms with van der Waals surface area (Å²) in [5.41, 5.74) is 1.14. The Labute approximate surface area is 193 Å². The summed E-state index contributed by atoms with van der Waals surface area (Å²) >= 11 is 6.08. The zero-order valence-corrected chi connectivity index (χ0v) is 20.5. The molecule has 8 nitrogen and oxygen atoms in total. The van der Waals surface area contributed by atoms with Crippen LogP contribution >= 0.6 is 35.6 Å². The number of nitrogens with one attached hydrogen (secondary N) is 1. The van der Waals surface area contributed by atoms with E-state index < -0.39 is 0 Å². The number of hydrogen-bond acceptors (Lipinski definition) is 3. The van der Waals surface area contributed by atoms with Crippen LogP contribution in [0.1, 0.15) is 37.7 Å². The largest absolute Gasteiger partial charge is 0.357 e. The minimum absolute atomic E-state index is 0. The molecule has 0 bridgehead atoms. The van der Waals surface area contributed by atoms with E-state index in [0.717, 1.165) is 61.3 Å². The predicted molar refractivity (Wildman–Crippen MR) is 127 cm³/mol. The second-order valence-electron chi connectivity index (χ2n) is 7.24. The van der Waals surface area contributed by atoms with Gasteiger partial charge in [0.2, 0.25) is 0 Å². The Morgan fingerprint density at radius 1 is 1.41 bits per heavy atom. The van der Waals surface area contributed by atoms with Crippen LogP contribution in [-0.4, -0.2) is 49.9 Å². The van der Waals surface area contributed by atoms with E-state index in [4.69, 9.17) is 16.6 Å². The van der Waals surface area contributed by atoms with Gasteiger partial charge in [-0.1, -0.05) is 11.6 Å². The van der Waals surface area contributed by atoms with E-state index in [9.17, 15) is 4.79 Å². The van der Waals surface area contributed by atoms with Crippen molar-refractivity contribution in [3.8, 4) is 0 Å². The average molecular weight is 536 g/mol. The van der Waals surface area contributed by atoms with E-state index in [1.807, 2.05) is 35.5 Å². The molecule has 3 heterocycles. The Hall–Kier alpha value is -1.49. The first kappa shape index (κ1) is 23.8. The van der Waals surface area contributed by atoms with E-state index in [2.05, 4.69) is 22.2 Å². The number of hydrogen-bond donors (Lipinski definition) is 1. The van der Waals surface area contributed by atoms with Crippen molar-refractivity contribution in [1.82, 2.24) is 29.1 Å². The van der Waals surface area contributed by atoms with Gasteiger partial charge in [-0.2, -0.15) is 5.10 Å². The summed E-state index contributed by atoms with van der Waals surface area (Å²) in [4.78, 5) is 19.2. The third-order valence-corrected chi connectivity index (χ3v) is 5.20. The number of fused-ring (bicyclic) bond motifs is 1. The van der Waals surface area contributed by atoms with Crippen molar-refractivity contribution in [1.29, 1.82) is 0 Å². The summed E-state index contributed by atoms with van der Waals surface area (Å²) in [5, 5.41) is 8.54. The molecule has 0 saturated heterocycles. The van der Waals surface area contributed by atoms with E-state index in [-0.39, 0.29) is 29.7 Å². The first-order valence-corrected chi connectivity index (χ1v) is 10.3. The van der Waals surface area contributed by atoms with Gasteiger partial charge in [0.25, 0.3) is 0 Å². The Morgan fingerprint density at radius 2 is 2.21 bits per heavy atom. The monoisotopic (exact) mass is 535 g/mol. The zero-order chi connectivity index (χ0) is 20.1. The van der Waals surface area contributed by atoms with Crippen LogP contribution in [0.15, 0.2) is 22.1 Å². The molecular weight excluding hydrogens is 505 g/mol. The molecule has 0 radical (unpaired) electrons. The molecule has 2 aromatic rings. The van der Waals surface area contributed by atoms with Crippen molar-refractivity contribution < 1.29 is 0 Å². The molecular formula is C19H31ClIN7O. The Balaban J connectivity index is 0.00000300. The molecule has 29 heavy (non-hydrogen) atoms. The number of guanidine groups is 1. The standard InChI is InChI=1S/C19H30ClN7O.HI/c1-4-21-18(25(3)14-16-12-15(20)13-24(16)2)22-9-7-11-27-19(28)26-10-6-5-8-17(26)23-27;/h12-13H,4-11,14H2,1-3H3,(H,21,22);1H. The van der Waals surface area contributed by atoms with Crippen LogP contribution in [0.4, 0.5) is 0 Å². The highest BCUT2D eigenvalue weighted by Crippen LogP contribution is 2.14. The van der Waals surface area contributed by atoms with Crippen LogP contribution in [0.3, 0.4) is 0 Å². The van der Waals surface area contributed by atoms with Crippen molar-refractivity contribution in [2.24, 2.45) is 12.0 Å². The zero-order valence-electron chi connectivity index (χ0n) is 17.4. The van der Waals surface area contributed by atoms with Crippen molar-refractivity contribution in [3.63, 3.8) is 0 Å². The summed E-state index contributed by atoms with van der Waals surface area (Å²) in [6, 6.07) is 1.97. The van der Waals surface area contributed by atoms with Gasteiger partial charge in [-0.25, -0.2) is 9.48 Å². The van der Waals surface area contributed by atoms with Gasteiger partial charge in [0, 0.05) is 58.6 Å². The molecule has 0 spiro atoms. The van der Waals surface area contributed by atoms with Crippen LogP contribution in [0.5, 0.6) is 0 Å². The molecule has 0 atom stereocenters. The number of aryl methyl sites for hydroxylation is 3. The lowest BCUT2D eigenvalue weighted by molar-refractivity contribution is 0.460. The van der Waals surface area contributed by atoms with Crippen molar-refractivity contribution in [3.05, 3.63) is 39.3 Å². The number of aliphatic imine (C=N–C) groups is 1. The van der Waals surface area contributed by atoms with Crippen LogP contribution in [0.2, 0.25) is 5.02 Å². The SMILES string of the molecule is CCNC(=NCCCn1nc2n(c1=O)CCCC2)N(C)Cc1cc(Cl)cn1C.I. The van der Waals surface area contributed by atoms with E-state index in [1.54, 1.807) is 4.68 Å². The summed E-state index contributed by atoms with van der Waals surface area (Å²) in [7, 11) is 4.00. The summed E-state index contributed by atoms with van der Waals surface area (Å²) in [6.45, 7) is 5.59. The van der Waals surface area contributed by atoms with Gasteiger partial charge >= 0.3 is 5.69 Å². The molecule has 2 aromatic heterocycles. The maximum absolute atomic E-state index is 12.4. The van der Waals surface area contributed by atoms with Crippen LogP contribution in [0, 0.1) is 0 Å². The molecule has 0 aliphatic carbocycles. The summed E-state index contributed by atoms with van der Waals surface area (Å²) in [6.07, 6.45) is 5.75. The lowest BCUT2D eigenvalue weighted by atomic mass is 10.2. The molecule has 0 unspecified atom stereocenters. The van der Waals surface area contributed by atoms with E-state index in [0.29, 0.717) is 19.6 Å². The van der Waals surface area contributed by atoms with Crippen LogP contribution < -0.4 is 11.0 Å². The van der Waals surface area contributed by atoms with Gasteiger partial charge in [0.1, 0.15) is 5.82 Å². The molecule has 10 heteroatoms. The highest BCUT2D eigenvalue weighted by molar-refractivity contribution is 14.0. The molecule has 162 valence electrons. The first-order valence-electron chi connectivity index (χ1n) is 9.96. The number of halogens is 2. The Morgan fingerprint density at radius 3 is 2.86 bits per heavy atom. The van der Waals surface area contributed by atoms with Gasteiger partial charge in [-0.15, -0.1) is 24.0 Å². The van der Waals surface area contributed by atoms with Gasteiger partial charge in [-0.05, 0) is 32.3 Å². The molecule has 0 amide bonds. The first-order chi connectivity index (χ1) is 13.5. The van der Waals surface area contributed by atoms with Crippen molar-refractivity contribution in [2.75, 3.05) is 20.1 Å². The minimum Gasteiger partial charge on any atom is -0.357 e. The van der Waals surface area contributed by atoms with Crippen LogP contribution in [-0.2, 0) is 33.1 Å². The highest BCUT2D eigenvalue weighted by atomic mass is 127. The maximum Gasteiger partial charge on any atom is 0.345 e. The third-order valence-electron chi connectivity index (χ3n) is 4.99. The average Bonchev–Trinajstić information content (AvgIpc) is 3.16. The third kappa shape index (κ3) is 6.00. The van der Waals surface area contributed by atoms with E-state index in [1.165, 1.54) is 0 Å². The lowest BCUT2D eigenvalue weighted by Gasteiger charge is -2.22. The lowest BCUT2D eigenvalue weighted by Crippen LogP contribution is -2.39. The van der Waals surface area contributed by atoms with Crippen molar-refractivity contribution >= 4 is 41.5 Å². The van der Waals surface area contributed by atoms with Crippen molar-refractivity contribution in [2.45, 2.75) is 52.2 Å². The Kier molecular flexibility index (Phi) is 9.06. The molecule has 0 saturated carbocycles. The topological polar surface area (TPSA) is 72.4 Å². The summed E-state index contributed by atoms with van der Waals surface area (Å²) in [5.74, 6) is 1.77. The molecule has 1 N–H and O–H groups in total. The van der Waals surface area contributed by atoms with Gasteiger partial charge in [0.15, 0.2) is 5.96 Å². The second-order valence-corrected chi connectivity index (χ2v) is 7.67. The molecule has 3 rings (SSSR count). The highest BCUT2D eigenvalue weighted by Gasteiger charge is 2.16. The minimum atomic E-state index is 0. The fourth-order valence-corrected chi connectivity index (χ4v) is 3.78. The Bertz CT molecular complexity index is 886. The number of rotatable bonds is 7. The maximum atomic E-state index is 12.4. The van der Waals surface area contributed by atoms with Crippen LogP contribution in [0.25, 0.3) is 0 Å². The fraction of sp³-hybridized carbons (Fsp3) is 0.632. The fourth-order valence-electron chi connectivity index (χ4n) is 3.51. The number of aromatic nitrogens is 4. The smallest absolute Gasteiger partial charge is 0.345 e. The number of nitrogens with zero attached hydrogens (tertiary/aromatic N) is 6. The molecule has 0 aromatic carbocycles.